The van der Waals surface area contributed by atoms with Gasteiger partial charge in [0, 0.05) is 18.5 Å². The molecule has 114 valence electrons. The van der Waals surface area contributed by atoms with Crippen LogP contribution in [-0.2, 0) is 6.54 Å². The average molecular weight is 303 g/mol. The van der Waals surface area contributed by atoms with Crippen LogP contribution in [0.2, 0.25) is 0 Å². The van der Waals surface area contributed by atoms with E-state index in [1.807, 2.05) is 0 Å². The number of nitrogens with one attached hydrogen (secondary N) is 1. The highest BCUT2D eigenvalue weighted by Crippen LogP contribution is 2.35. The molecule has 0 aliphatic carbocycles. The van der Waals surface area contributed by atoms with Crippen molar-refractivity contribution in [2.45, 2.75) is 52.6 Å². The molecule has 2 unspecified atom stereocenters. The Kier molecular flexibility index (Phi) is 5.88. The van der Waals surface area contributed by atoms with E-state index in [1.165, 1.54) is 5.56 Å². The molecule has 0 amide bonds. The van der Waals surface area contributed by atoms with Gasteiger partial charge < -0.3 is 5.32 Å². The lowest BCUT2D eigenvalue weighted by Crippen LogP contribution is -2.21. The second-order valence-electron chi connectivity index (χ2n) is 5.84. The van der Waals surface area contributed by atoms with E-state index in [-0.39, 0.29) is 0 Å². The van der Waals surface area contributed by atoms with Crippen LogP contribution < -0.4 is 5.32 Å². The van der Waals surface area contributed by atoms with E-state index in [9.17, 15) is 0 Å². The zero-order valence-electron chi connectivity index (χ0n) is 13.3. The molecule has 1 N–H and O–H groups in total. The summed E-state index contributed by atoms with van der Waals surface area (Å²) < 4.78 is 0. The normalized spacial score (nSPS) is 14.3. The van der Waals surface area contributed by atoms with Crippen molar-refractivity contribution in [3.05, 3.63) is 45.9 Å². The Hall–Kier alpha value is -1.26. The quantitative estimate of drug-likeness (QED) is 0.832. The Morgan fingerprint density at radius 3 is 2.43 bits per heavy atom. The lowest BCUT2D eigenvalue weighted by atomic mass is 9.86. The molecule has 0 saturated heterocycles. The highest BCUT2D eigenvalue weighted by atomic mass is 32.1. The molecule has 0 radical (unpaired) electrons. The van der Waals surface area contributed by atoms with Gasteiger partial charge in [-0.15, -0.1) is 10.2 Å². The molecule has 0 aliphatic heterocycles. The third-order valence-electron chi connectivity index (χ3n) is 3.78. The maximum absolute atomic E-state index is 4.47. The first-order valence-electron chi connectivity index (χ1n) is 7.72. The van der Waals surface area contributed by atoms with Gasteiger partial charge in [0.25, 0.3) is 0 Å². The minimum absolute atomic E-state index is 0.349. The molecule has 1 aromatic heterocycles. The SMILES string of the molecule is CCC(C)C(c1ccccc1)c1nnc(CNC(C)C)s1. The fourth-order valence-corrected chi connectivity index (χ4v) is 3.42. The maximum Gasteiger partial charge on any atom is 0.131 e. The summed E-state index contributed by atoms with van der Waals surface area (Å²) in [4.78, 5) is 0. The van der Waals surface area contributed by atoms with Gasteiger partial charge in [-0.05, 0) is 11.5 Å². The molecule has 1 aromatic carbocycles. The molecule has 2 atom stereocenters. The Balaban J connectivity index is 2.22. The van der Waals surface area contributed by atoms with Crippen molar-refractivity contribution < 1.29 is 0 Å². The monoisotopic (exact) mass is 303 g/mol. The van der Waals surface area contributed by atoms with Crippen LogP contribution in [0.3, 0.4) is 0 Å². The fraction of sp³-hybridized carbons (Fsp3) is 0.529. The molecule has 21 heavy (non-hydrogen) atoms. The van der Waals surface area contributed by atoms with Gasteiger partial charge in [-0.25, -0.2) is 0 Å². The van der Waals surface area contributed by atoms with Crippen molar-refractivity contribution in [3.8, 4) is 0 Å². The summed E-state index contributed by atoms with van der Waals surface area (Å²) in [7, 11) is 0. The molecule has 2 aromatic rings. The van der Waals surface area contributed by atoms with Crippen LogP contribution in [0.1, 0.15) is 55.6 Å². The minimum Gasteiger partial charge on any atom is -0.308 e. The first-order valence-corrected chi connectivity index (χ1v) is 8.54. The van der Waals surface area contributed by atoms with Gasteiger partial charge in [0.2, 0.25) is 0 Å². The highest BCUT2D eigenvalue weighted by molar-refractivity contribution is 7.11. The van der Waals surface area contributed by atoms with E-state index in [0.717, 1.165) is 23.0 Å². The van der Waals surface area contributed by atoms with E-state index < -0.39 is 0 Å². The van der Waals surface area contributed by atoms with E-state index in [1.54, 1.807) is 11.3 Å². The number of hydrogen-bond acceptors (Lipinski definition) is 4. The minimum atomic E-state index is 0.349. The van der Waals surface area contributed by atoms with Crippen LogP contribution in [0.4, 0.5) is 0 Å². The second-order valence-corrected chi connectivity index (χ2v) is 6.94. The molecule has 0 spiro atoms. The molecule has 0 bridgehead atoms. The number of aromatic nitrogens is 2. The van der Waals surface area contributed by atoms with E-state index in [0.29, 0.717) is 17.9 Å². The summed E-state index contributed by atoms with van der Waals surface area (Å²) in [6, 6.07) is 11.1. The second kappa shape index (κ2) is 7.66. The van der Waals surface area contributed by atoms with Crippen molar-refractivity contribution in [1.82, 2.24) is 15.5 Å². The molecular formula is C17H25N3S. The molecule has 0 aliphatic rings. The van der Waals surface area contributed by atoms with Crippen LogP contribution in [0.15, 0.2) is 30.3 Å². The van der Waals surface area contributed by atoms with Crippen molar-refractivity contribution in [3.63, 3.8) is 0 Å². The maximum atomic E-state index is 4.47. The zero-order chi connectivity index (χ0) is 15.2. The number of hydrogen-bond donors (Lipinski definition) is 1. The number of benzene rings is 1. The Bertz CT molecular complexity index is 536. The van der Waals surface area contributed by atoms with Crippen molar-refractivity contribution in [2.75, 3.05) is 0 Å². The predicted molar refractivity (Wildman–Crippen MR) is 89.6 cm³/mol. The lowest BCUT2D eigenvalue weighted by molar-refractivity contribution is 0.492. The van der Waals surface area contributed by atoms with E-state index in [2.05, 4.69) is 73.5 Å². The van der Waals surface area contributed by atoms with Gasteiger partial charge in [-0.3, -0.25) is 0 Å². The molecule has 1 heterocycles. The van der Waals surface area contributed by atoms with E-state index >= 15 is 0 Å². The van der Waals surface area contributed by atoms with Crippen LogP contribution in [0.25, 0.3) is 0 Å². The van der Waals surface area contributed by atoms with Gasteiger partial charge in [0.15, 0.2) is 0 Å². The smallest absolute Gasteiger partial charge is 0.131 e. The Morgan fingerprint density at radius 2 is 1.81 bits per heavy atom. The summed E-state index contributed by atoms with van der Waals surface area (Å²) in [6.45, 7) is 9.63. The summed E-state index contributed by atoms with van der Waals surface area (Å²) in [5.74, 6) is 0.910. The first kappa shape index (κ1) is 16.1. The molecule has 4 heteroatoms. The standard InChI is InChI=1S/C17H25N3S/c1-5-13(4)16(14-9-7-6-8-10-14)17-20-19-15(21-17)11-18-12(2)3/h6-10,12-13,16,18H,5,11H2,1-4H3. The van der Waals surface area contributed by atoms with E-state index in [4.69, 9.17) is 0 Å². The first-order chi connectivity index (χ1) is 10.1. The summed E-state index contributed by atoms with van der Waals surface area (Å²) >= 11 is 1.74. The summed E-state index contributed by atoms with van der Waals surface area (Å²) in [5.41, 5.74) is 1.34. The van der Waals surface area contributed by atoms with Crippen molar-refractivity contribution in [2.24, 2.45) is 5.92 Å². The average Bonchev–Trinajstić information content (AvgIpc) is 2.95. The lowest BCUT2D eigenvalue weighted by Gasteiger charge is -2.20. The van der Waals surface area contributed by atoms with Crippen LogP contribution in [0, 0.1) is 5.92 Å². The van der Waals surface area contributed by atoms with Gasteiger partial charge in [0.05, 0.1) is 0 Å². The third kappa shape index (κ3) is 4.35. The molecule has 2 rings (SSSR count). The van der Waals surface area contributed by atoms with Crippen LogP contribution >= 0.6 is 11.3 Å². The zero-order valence-corrected chi connectivity index (χ0v) is 14.2. The Labute approximate surface area is 131 Å². The number of nitrogens with zero attached hydrogens (tertiary/aromatic N) is 2. The molecule has 0 fully saturated rings. The summed E-state index contributed by atoms with van der Waals surface area (Å²) in [6.07, 6.45) is 1.14. The predicted octanol–water partition coefficient (Wildman–Crippen LogP) is 4.21. The third-order valence-corrected chi connectivity index (χ3v) is 4.79. The topological polar surface area (TPSA) is 37.8 Å². The molecular weight excluding hydrogens is 278 g/mol. The van der Waals surface area contributed by atoms with Crippen molar-refractivity contribution >= 4 is 11.3 Å². The fourth-order valence-electron chi connectivity index (χ4n) is 2.37. The van der Waals surface area contributed by atoms with Gasteiger partial charge in [0.1, 0.15) is 10.0 Å². The van der Waals surface area contributed by atoms with Crippen LogP contribution in [0.5, 0.6) is 0 Å². The highest BCUT2D eigenvalue weighted by Gasteiger charge is 2.24. The molecule has 3 nitrogen and oxygen atoms in total. The van der Waals surface area contributed by atoms with Gasteiger partial charge in [-0.1, -0.05) is 75.8 Å². The summed E-state index contributed by atoms with van der Waals surface area (Å²) in [5, 5.41) is 14.4. The molecule has 0 saturated carbocycles. The van der Waals surface area contributed by atoms with Crippen molar-refractivity contribution in [1.29, 1.82) is 0 Å². The Morgan fingerprint density at radius 1 is 1.10 bits per heavy atom. The van der Waals surface area contributed by atoms with Gasteiger partial charge in [-0.2, -0.15) is 0 Å². The van der Waals surface area contributed by atoms with Gasteiger partial charge >= 0.3 is 0 Å². The largest absolute Gasteiger partial charge is 0.308 e. The van der Waals surface area contributed by atoms with Crippen LogP contribution in [-0.4, -0.2) is 16.2 Å². The number of rotatable bonds is 7.